The minimum Gasteiger partial charge on any atom is -0.368 e. The second-order valence-electron chi connectivity index (χ2n) is 4.22. The van der Waals surface area contributed by atoms with E-state index in [9.17, 15) is 14.5 Å². The molecule has 0 radical (unpaired) electrons. The summed E-state index contributed by atoms with van der Waals surface area (Å²) < 4.78 is 13.1. The summed E-state index contributed by atoms with van der Waals surface area (Å²) in [4.78, 5) is 18.0. The fourth-order valence-corrected chi connectivity index (χ4v) is 1.97. The molecule has 110 valence electrons. The van der Waals surface area contributed by atoms with E-state index in [4.69, 9.17) is 17.3 Å². The highest BCUT2D eigenvalue weighted by Gasteiger charge is 2.21. The van der Waals surface area contributed by atoms with Gasteiger partial charge in [-0.15, -0.1) is 0 Å². The van der Waals surface area contributed by atoms with Gasteiger partial charge in [0.2, 0.25) is 11.8 Å². The molecular formula is C12H11ClFN5O2. The molecule has 1 aromatic carbocycles. The number of nitro groups is 1. The lowest BCUT2D eigenvalue weighted by molar-refractivity contribution is -0.385. The van der Waals surface area contributed by atoms with E-state index in [1.165, 1.54) is 25.1 Å². The zero-order chi connectivity index (χ0) is 15.6. The number of nitrogens with one attached hydrogen (secondary N) is 1. The molecule has 1 aromatic heterocycles. The molecule has 0 aliphatic rings. The topological polar surface area (TPSA) is 107 Å². The third kappa shape index (κ3) is 3.34. The highest BCUT2D eigenvalue weighted by Crippen LogP contribution is 2.26. The summed E-state index contributed by atoms with van der Waals surface area (Å²) in [6.07, 6.45) is 0. The van der Waals surface area contributed by atoms with E-state index in [0.717, 1.165) is 0 Å². The standard InChI is InChI=1S/C12H11ClFN5O2/c1-6-10(19(20)21)11(18-12(15)17-6)16-5-7-2-3-9(14)8(13)4-7/h2-4H,5H2,1H3,(H3,15,16,17,18). The molecule has 21 heavy (non-hydrogen) atoms. The largest absolute Gasteiger partial charge is 0.368 e. The second-order valence-corrected chi connectivity index (χ2v) is 4.63. The molecule has 2 rings (SSSR count). The van der Waals surface area contributed by atoms with Crippen LogP contribution in [0.4, 0.5) is 21.8 Å². The van der Waals surface area contributed by atoms with Gasteiger partial charge in [-0.05, 0) is 24.6 Å². The molecule has 0 saturated carbocycles. The average molecular weight is 312 g/mol. The number of aromatic nitrogens is 2. The number of hydrogen-bond acceptors (Lipinski definition) is 6. The van der Waals surface area contributed by atoms with E-state index in [1.54, 1.807) is 0 Å². The Bertz CT molecular complexity index is 710. The van der Waals surface area contributed by atoms with Crippen molar-refractivity contribution in [3.05, 3.63) is 50.4 Å². The summed E-state index contributed by atoms with van der Waals surface area (Å²) in [5.41, 5.74) is 6.04. The summed E-state index contributed by atoms with van der Waals surface area (Å²) in [5, 5.41) is 13.8. The van der Waals surface area contributed by atoms with E-state index in [2.05, 4.69) is 15.3 Å². The molecular weight excluding hydrogens is 301 g/mol. The van der Waals surface area contributed by atoms with E-state index in [-0.39, 0.29) is 34.7 Å². The van der Waals surface area contributed by atoms with Gasteiger partial charge in [0, 0.05) is 6.54 Å². The number of aryl methyl sites for hydroxylation is 1. The number of benzene rings is 1. The van der Waals surface area contributed by atoms with Gasteiger partial charge in [0.25, 0.3) is 0 Å². The molecule has 7 nitrogen and oxygen atoms in total. The third-order valence-corrected chi connectivity index (χ3v) is 2.99. The van der Waals surface area contributed by atoms with Gasteiger partial charge in [-0.25, -0.2) is 9.37 Å². The summed E-state index contributed by atoms with van der Waals surface area (Å²) in [5.74, 6) is -0.600. The maximum absolute atomic E-state index is 13.1. The van der Waals surface area contributed by atoms with Crippen molar-refractivity contribution in [1.29, 1.82) is 0 Å². The van der Waals surface area contributed by atoms with E-state index < -0.39 is 10.7 Å². The van der Waals surface area contributed by atoms with Crippen LogP contribution in [-0.2, 0) is 6.54 Å². The molecule has 0 aliphatic heterocycles. The molecule has 9 heteroatoms. The van der Waals surface area contributed by atoms with Gasteiger partial charge in [0.15, 0.2) is 0 Å². The highest BCUT2D eigenvalue weighted by atomic mass is 35.5. The van der Waals surface area contributed by atoms with Gasteiger partial charge in [0.05, 0.1) is 9.95 Å². The van der Waals surface area contributed by atoms with Crippen LogP contribution in [0.1, 0.15) is 11.3 Å². The lowest BCUT2D eigenvalue weighted by Crippen LogP contribution is -2.09. The fourth-order valence-electron chi connectivity index (χ4n) is 1.77. The minimum atomic E-state index is -0.589. The SMILES string of the molecule is Cc1nc(N)nc(NCc2ccc(F)c(Cl)c2)c1[N+](=O)[O-]. The number of nitrogens with two attached hydrogens (primary N) is 1. The Labute approximate surface area is 124 Å². The Morgan fingerprint density at radius 2 is 2.19 bits per heavy atom. The first-order valence-corrected chi connectivity index (χ1v) is 6.22. The molecule has 0 unspecified atom stereocenters. The number of nitrogen functional groups attached to an aromatic ring is 1. The Morgan fingerprint density at radius 3 is 2.81 bits per heavy atom. The summed E-state index contributed by atoms with van der Waals surface area (Å²) >= 11 is 5.67. The molecule has 0 aliphatic carbocycles. The van der Waals surface area contributed by atoms with Gasteiger partial charge >= 0.3 is 5.69 Å². The summed E-state index contributed by atoms with van der Waals surface area (Å²) in [6.45, 7) is 1.65. The van der Waals surface area contributed by atoms with Crippen molar-refractivity contribution in [2.24, 2.45) is 0 Å². The molecule has 3 N–H and O–H groups in total. The molecule has 0 amide bonds. The van der Waals surface area contributed by atoms with Crippen molar-refractivity contribution in [2.45, 2.75) is 13.5 Å². The lowest BCUT2D eigenvalue weighted by Gasteiger charge is -2.08. The van der Waals surface area contributed by atoms with Gasteiger partial charge < -0.3 is 11.1 Å². The smallest absolute Gasteiger partial charge is 0.332 e. The average Bonchev–Trinajstić information content (AvgIpc) is 2.38. The summed E-state index contributed by atoms with van der Waals surface area (Å²) in [6, 6.07) is 4.15. The molecule has 0 atom stereocenters. The van der Waals surface area contributed by atoms with Crippen LogP contribution in [0.3, 0.4) is 0 Å². The highest BCUT2D eigenvalue weighted by molar-refractivity contribution is 6.30. The maximum atomic E-state index is 13.1. The lowest BCUT2D eigenvalue weighted by atomic mass is 10.2. The number of rotatable bonds is 4. The normalized spacial score (nSPS) is 10.4. The van der Waals surface area contributed by atoms with Crippen molar-refractivity contribution in [1.82, 2.24) is 9.97 Å². The van der Waals surface area contributed by atoms with Gasteiger partial charge in [-0.2, -0.15) is 4.98 Å². The van der Waals surface area contributed by atoms with Crippen molar-refractivity contribution >= 4 is 29.1 Å². The van der Waals surface area contributed by atoms with Crippen LogP contribution in [0.2, 0.25) is 5.02 Å². The first kappa shape index (κ1) is 14.9. The number of halogens is 2. The van der Waals surface area contributed by atoms with Crippen molar-refractivity contribution in [2.75, 3.05) is 11.1 Å². The van der Waals surface area contributed by atoms with Crippen molar-refractivity contribution in [3.63, 3.8) is 0 Å². The number of anilines is 2. The van der Waals surface area contributed by atoms with Gasteiger partial charge in [-0.3, -0.25) is 10.1 Å². The summed E-state index contributed by atoms with van der Waals surface area (Å²) in [7, 11) is 0. The monoisotopic (exact) mass is 311 g/mol. The molecule has 0 spiro atoms. The van der Waals surface area contributed by atoms with Crippen LogP contribution in [0.25, 0.3) is 0 Å². The molecule has 1 heterocycles. The van der Waals surface area contributed by atoms with Crippen LogP contribution < -0.4 is 11.1 Å². The van der Waals surface area contributed by atoms with Gasteiger partial charge in [-0.1, -0.05) is 17.7 Å². The fraction of sp³-hybridized carbons (Fsp3) is 0.167. The minimum absolute atomic E-state index is 0.00504. The first-order chi connectivity index (χ1) is 9.88. The molecule has 0 saturated heterocycles. The Hall–Kier alpha value is -2.48. The molecule has 2 aromatic rings. The van der Waals surface area contributed by atoms with Crippen LogP contribution >= 0.6 is 11.6 Å². The zero-order valence-electron chi connectivity index (χ0n) is 10.9. The predicted octanol–water partition coefficient (Wildman–Crippen LogP) is 2.68. The molecule has 0 bridgehead atoms. The maximum Gasteiger partial charge on any atom is 0.332 e. The Kier molecular flexibility index (Phi) is 4.18. The Balaban J connectivity index is 2.27. The zero-order valence-corrected chi connectivity index (χ0v) is 11.7. The van der Waals surface area contributed by atoms with E-state index >= 15 is 0 Å². The van der Waals surface area contributed by atoms with Crippen LogP contribution in [-0.4, -0.2) is 14.9 Å². The predicted molar refractivity (Wildman–Crippen MR) is 76.6 cm³/mol. The van der Waals surface area contributed by atoms with E-state index in [0.29, 0.717) is 5.56 Å². The first-order valence-electron chi connectivity index (χ1n) is 5.84. The molecule has 0 fully saturated rings. The van der Waals surface area contributed by atoms with Crippen LogP contribution in [0.5, 0.6) is 0 Å². The van der Waals surface area contributed by atoms with Gasteiger partial charge in [0.1, 0.15) is 11.5 Å². The number of nitrogens with zero attached hydrogens (tertiary/aromatic N) is 3. The van der Waals surface area contributed by atoms with Crippen LogP contribution in [0.15, 0.2) is 18.2 Å². The second kappa shape index (κ2) is 5.88. The van der Waals surface area contributed by atoms with Crippen molar-refractivity contribution in [3.8, 4) is 0 Å². The quantitative estimate of drug-likeness (QED) is 0.664. The number of hydrogen-bond donors (Lipinski definition) is 2. The third-order valence-electron chi connectivity index (χ3n) is 2.70. The van der Waals surface area contributed by atoms with Crippen LogP contribution in [0, 0.1) is 22.9 Å². The Morgan fingerprint density at radius 1 is 1.48 bits per heavy atom. The van der Waals surface area contributed by atoms with E-state index in [1.807, 2.05) is 0 Å². The van der Waals surface area contributed by atoms with Crippen molar-refractivity contribution < 1.29 is 9.31 Å².